The van der Waals surface area contributed by atoms with Gasteiger partial charge in [-0.15, -0.1) is 5.10 Å². The number of hydrogen-bond acceptors (Lipinski definition) is 4. The lowest BCUT2D eigenvalue weighted by Gasteiger charge is -1.96. The summed E-state index contributed by atoms with van der Waals surface area (Å²) < 4.78 is 0. The highest BCUT2D eigenvalue weighted by Gasteiger charge is 2.05. The minimum atomic E-state index is -0.0662. The molecule has 1 N–H and O–H groups in total. The van der Waals surface area contributed by atoms with E-state index < -0.39 is 0 Å². The van der Waals surface area contributed by atoms with Crippen molar-refractivity contribution in [1.29, 1.82) is 0 Å². The first kappa shape index (κ1) is 10.6. The molecule has 0 saturated carbocycles. The zero-order valence-corrected chi connectivity index (χ0v) is 8.53. The Morgan fingerprint density at radius 2 is 2.21 bits per heavy atom. The summed E-state index contributed by atoms with van der Waals surface area (Å²) in [4.78, 5) is 12.6. The Hall–Kier alpha value is -1.46. The number of amides is 1. The third-order valence-corrected chi connectivity index (χ3v) is 1.60. The molecule has 0 atom stereocenters. The summed E-state index contributed by atoms with van der Waals surface area (Å²) >= 11 is 0. The number of nitrogens with zero attached hydrogens (tertiary/aromatic N) is 4. The molecule has 14 heavy (non-hydrogen) atoms. The topological polar surface area (TPSA) is 72.7 Å². The largest absolute Gasteiger partial charge is 0.292 e. The van der Waals surface area contributed by atoms with Gasteiger partial charge in [-0.2, -0.15) is 4.80 Å². The van der Waals surface area contributed by atoms with Gasteiger partial charge < -0.3 is 0 Å². The van der Waals surface area contributed by atoms with Crippen molar-refractivity contribution >= 4 is 11.9 Å². The summed E-state index contributed by atoms with van der Waals surface area (Å²) in [5.74, 6) is 0.223. The van der Waals surface area contributed by atoms with Crippen LogP contribution in [0.5, 0.6) is 0 Å². The molecule has 0 aliphatic heterocycles. The summed E-state index contributed by atoms with van der Waals surface area (Å²) in [6.45, 7) is 4.69. The van der Waals surface area contributed by atoms with Crippen LogP contribution < -0.4 is 5.32 Å². The fourth-order valence-corrected chi connectivity index (χ4v) is 1.00. The highest BCUT2D eigenvalue weighted by atomic mass is 16.1. The van der Waals surface area contributed by atoms with Crippen molar-refractivity contribution in [2.24, 2.45) is 0 Å². The fraction of sp³-hybridized carbons (Fsp3) is 0.750. The van der Waals surface area contributed by atoms with Crippen LogP contribution in [-0.4, -0.2) is 26.1 Å². The van der Waals surface area contributed by atoms with Crippen molar-refractivity contribution in [2.75, 3.05) is 5.32 Å². The number of carbonyl (C=O) groups excluding carboxylic acids is 1. The van der Waals surface area contributed by atoms with Crippen molar-refractivity contribution in [2.45, 2.75) is 39.7 Å². The smallest absolute Gasteiger partial charge is 0.270 e. The predicted molar refractivity (Wildman–Crippen MR) is 51.6 cm³/mol. The van der Waals surface area contributed by atoms with E-state index in [4.69, 9.17) is 0 Å². The van der Waals surface area contributed by atoms with Gasteiger partial charge in [0.15, 0.2) is 0 Å². The van der Waals surface area contributed by atoms with Gasteiger partial charge in [0.05, 0.1) is 6.54 Å². The summed E-state index contributed by atoms with van der Waals surface area (Å²) in [5.41, 5.74) is 0. The van der Waals surface area contributed by atoms with Crippen molar-refractivity contribution in [3.63, 3.8) is 0 Å². The third-order valence-electron chi connectivity index (χ3n) is 1.60. The van der Waals surface area contributed by atoms with Crippen LogP contribution in [-0.2, 0) is 11.3 Å². The molecule has 1 rings (SSSR count). The SMILES string of the molecule is CCCC(=O)Nc1nnn(CCC)n1. The van der Waals surface area contributed by atoms with Crippen LogP contribution in [0, 0.1) is 0 Å². The van der Waals surface area contributed by atoms with Crippen molar-refractivity contribution in [3.05, 3.63) is 0 Å². The molecular formula is C8H15N5O. The number of rotatable bonds is 5. The Kier molecular flexibility index (Phi) is 4.03. The second-order valence-corrected chi connectivity index (χ2v) is 3.01. The van der Waals surface area contributed by atoms with Gasteiger partial charge in [-0.25, -0.2) is 0 Å². The number of hydrogen-bond donors (Lipinski definition) is 1. The highest BCUT2D eigenvalue weighted by molar-refractivity contribution is 5.88. The molecule has 1 aromatic rings. The standard InChI is InChI=1S/C8H15N5O/c1-3-5-7(14)9-8-10-12-13(11-8)6-4-2/h3-6H2,1-2H3,(H,9,11,14). The van der Waals surface area contributed by atoms with Gasteiger partial charge in [0.2, 0.25) is 5.91 Å². The van der Waals surface area contributed by atoms with Gasteiger partial charge in [-0.05, 0) is 18.1 Å². The maximum Gasteiger partial charge on any atom is 0.270 e. The molecule has 0 saturated heterocycles. The Morgan fingerprint density at radius 3 is 2.86 bits per heavy atom. The normalized spacial score (nSPS) is 10.1. The molecule has 0 radical (unpaired) electrons. The van der Waals surface area contributed by atoms with Gasteiger partial charge in [-0.3, -0.25) is 10.1 Å². The zero-order chi connectivity index (χ0) is 10.4. The van der Waals surface area contributed by atoms with E-state index in [0.717, 1.165) is 19.4 Å². The molecule has 6 nitrogen and oxygen atoms in total. The first-order valence-corrected chi connectivity index (χ1v) is 4.84. The number of anilines is 1. The molecule has 0 aromatic carbocycles. The molecule has 0 fully saturated rings. The van der Waals surface area contributed by atoms with Gasteiger partial charge in [0.1, 0.15) is 0 Å². The summed E-state index contributed by atoms with van der Waals surface area (Å²) in [6.07, 6.45) is 2.25. The number of carbonyl (C=O) groups is 1. The molecular weight excluding hydrogens is 182 g/mol. The molecule has 0 bridgehead atoms. The van der Waals surface area contributed by atoms with Gasteiger partial charge in [0.25, 0.3) is 5.95 Å². The van der Waals surface area contributed by atoms with Crippen LogP contribution in [0.25, 0.3) is 0 Å². The van der Waals surface area contributed by atoms with E-state index in [1.807, 2.05) is 13.8 Å². The number of nitrogens with one attached hydrogen (secondary N) is 1. The first-order chi connectivity index (χ1) is 6.76. The van der Waals surface area contributed by atoms with E-state index in [0.29, 0.717) is 6.42 Å². The summed E-state index contributed by atoms with van der Waals surface area (Å²) in [5, 5.41) is 14.0. The molecule has 0 aliphatic carbocycles. The van der Waals surface area contributed by atoms with Gasteiger partial charge in [0, 0.05) is 6.42 Å². The van der Waals surface area contributed by atoms with Crippen molar-refractivity contribution < 1.29 is 4.79 Å². The lowest BCUT2D eigenvalue weighted by molar-refractivity contribution is -0.116. The van der Waals surface area contributed by atoms with Crippen molar-refractivity contribution in [3.8, 4) is 0 Å². The maximum absolute atomic E-state index is 11.2. The molecule has 1 aromatic heterocycles. The van der Waals surface area contributed by atoms with E-state index in [2.05, 4.69) is 20.7 Å². The Labute approximate surface area is 82.7 Å². The van der Waals surface area contributed by atoms with Crippen LogP contribution in [0.4, 0.5) is 5.95 Å². The second-order valence-electron chi connectivity index (χ2n) is 3.01. The number of aromatic nitrogens is 4. The lowest BCUT2D eigenvalue weighted by atomic mass is 10.3. The van der Waals surface area contributed by atoms with Gasteiger partial charge >= 0.3 is 0 Å². The van der Waals surface area contributed by atoms with Crippen LogP contribution in [0.3, 0.4) is 0 Å². The van der Waals surface area contributed by atoms with E-state index in [9.17, 15) is 4.79 Å². The minimum absolute atomic E-state index is 0.0662. The number of aryl methyl sites for hydroxylation is 1. The Balaban J connectivity index is 2.46. The zero-order valence-electron chi connectivity index (χ0n) is 8.53. The van der Waals surface area contributed by atoms with Crippen LogP contribution in [0.15, 0.2) is 0 Å². The summed E-state index contributed by atoms with van der Waals surface area (Å²) in [7, 11) is 0. The van der Waals surface area contributed by atoms with Crippen LogP contribution in [0.1, 0.15) is 33.1 Å². The summed E-state index contributed by atoms with van der Waals surface area (Å²) in [6, 6.07) is 0. The van der Waals surface area contributed by atoms with E-state index in [1.54, 1.807) is 0 Å². The number of tetrazole rings is 1. The molecule has 0 unspecified atom stereocenters. The van der Waals surface area contributed by atoms with Gasteiger partial charge in [-0.1, -0.05) is 18.9 Å². The Morgan fingerprint density at radius 1 is 1.43 bits per heavy atom. The van der Waals surface area contributed by atoms with E-state index in [-0.39, 0.29) is 11.9 Å². The highest BCUT2D eigenvalue weighted by Crippen LogP contribution is 1.97. The monoisotopic (exact) mass is 197 g/mol. The van der Waals surface area contributed by atoms with Crippen LogP contribution >= 0.6 is 0 Å². The third kappa shape index (κ3) is 3.12. The molecule has 1 amide bonds. The first-order valence-electron chi connectivity index (χ1n) is 4.84. The van der Waals surface area contributed by atoms with E-state index in [1.165, 1.54) is 4.80 Å². The second kappa shape index (κ2) is 5.31. The maximum atomic E-state index is 11.2. The lowest BCUT2D eigenvalue weighted by Crippen LogP contribution is -2.12. The molecule has 78 valence electrons. The average Bonchev–Trinajstić information content (AvgIpc) is 2.53. The molecule has 0 spiro atoms. The predicted octanol–water partition coefficient (Wildman–Crippen LogP) is 0.822. The molecule has 0 aliphatic rings. The fourth-order valence-electron chi connectivity index (χ4n) is 1.00. The Bertz CT molecular complexity index is 296. The van der Waals surface area contributed by atoms with Crippen molar-refractivity contribution in [1.82, 2.24) is 20.2 Å². The minimum Gasteiger partial charge on any atom is -0.292 e. The quantitative estimate of drug-likeness (QED) is 0.758. The average molecular weight is 197 g/mol. The molecule has 1 heterocycles. The molecule has 6 heteroatoms. The van der Waals surface area contributed by atoms with E-state index >= 15 is 0 Å². The van der Waals surface area contributed by atoms with Crippen LogP contribution in [0.2, 0.25) is 0 Å².